The fourth-order valence-corrected chi connectivity index (χ4v) is 4.26. The molecule has 2 atom stereocenters. The topological polar surface area (TPSA) is 71.8 Å². The van der Waals surface area contributed by atoms with Crippen molar-refractivity contribution in [3.63, 3.8) is 0 Å². The van der Waals surface area contributed by atoms with Gasteiger partial charge in [0.1, 0.15) is 0 Å². The summed E-state index contributed by atoms with van der Waals surface area (Å²) in [5.74, 6) is 0.413. The molecular formula is C20H27N5O. The van der Waals surface area contributed by atoms with Gasteiger partial charge in [0.15, 0.2) is 5.69 Å². The van der Waals surface area contributed by atoms with Crippen LogP contribution in [0.4, 0.5) is 0 Å². The summed E-state index contributed by atoms with van der Waals surface area (Å²) >= 11 is 0. The van der Waals surface area contributed by atoms with E-state index < -0.39 is 0 Å². The van der Waals surface area contributed by atoms with Crippen LogP contribution in [-0.2, 0) is 6.42 Å². The lowest BCUT2D eigenvalue weighted by atomic mass is 9.94. The minimum atomic E-state index is -0.0878. The lowest BCUT2D eigenvalue weighted by molar-refractivity contribution is 0.0922. The van der Waals surface area contributed by atoms with Crippen molar-refractivity contribution in [1.29, 1.82) is 0 Å². The first-order valence-corrected chi connectivity index (χ1v) is 9.77. The second kappa shape index (κ2) is 7.99. The SMILES string of the molecule is O=C(NC1CCCC1Cc1ccccc1)c1cn(C2CCNCC2)nn1. The van der Waals surface area contributed by atoms with Gasteiger partial charge >= 0.3 is 0 Å². The Balaban J connectivity index is 1.37. The first kappa shape index (κ1) is 17.2. The molecule has 26 heavy (non-hydrogen) atoms. The maximum atomic E-state index is 12.7. The number of hydrogen-bond acceptors (Lipinski definition) is 4. The minimum absolute atomic E-state index is 0.0878. The molecule has 2 unspecified atom stereocenters. The van der Waals surface area contributed by atoms with E-state index in [1.165, 1.54) is 18.4 Å². The van der Waals surface area contributed by atoms with Crippen LogP contribution in [0.3, 0.4) is 0 Å². The van der Waals surface area contributed by atoms with Crippen molar-refractivity contribution in [3.05, 3.63) is 47.8 Å². The summed E-state index contributed by atoms with van der Waals surface area (Å²) in [5.41, 5.74) is 1.78. The normalized spacial score (nSPS) is 23.8. The molecule has 1 aromatic carbocycles. The zero-order chi connectivity index (χ0) is 17.8. The van der Waals surface area contributed by atoms with E-state index in [9.17, 15) is 4.79 Å². The molecule has 0 bridgehead atoms. The zero-order valence-corrected chi connectivity index (χ0v) is 15.1. The van der Waals surface area contributed by atoms with Crippen LogP contribution in [0.15, 0.2) is 36.5 Å². The second-order valence-corrected chi connectivity index (χ2v) is 7.53. The predicted octanol–water partition coefficient (Wildman–Crippen LogP) is 2.34. The molecule has 1 amide bonds. The van der Waals surface area contributed by atoms with Gasteiger partial charge in [-0.25, -0.2) is 4.68 Å². The third-order valence-electron chi connectivity index (χ3n) is 5.74. The van der Waals surface area contributed by atoms with Crippen LogP contribution in [-0.4, -0.2) is 40.0 Å². The molecule has 138 valence electrons. The summed E-state index contributed by atoms with van der Waals surface area (Å²) < 4.78 is 1.87. The summed E-state index contributed by atoms with van der Waals surface area (Å²) in [5, 5.41) is 14.9. The first-order valence-electron chi connectivity index (χ1n) is 9.77. The number of aromatic nitrogens is 3. The average molecular weight is 353 g/mol. The molecule has 2 fully saturated rings. The Labute approximate surface area is 154 Å². The zero-order valence-electron chi connectivity index (χ0n) is 15.1. The molecule has 2 aromatic rings. The van der Waals surface area contributed by atoms with Crippen molar-refractivity contribution < 1.29 is 4.79 Å². The van der Waals surface area contributed by atoms with Crippen molar-refractivity contribution in [3.8, 4) is 0 Å². The third-order valence-corrected chi connectivity index (χ3v) is 5.74. The van der Waals surface area contributed by atoms with Gasteiger partial charge in [-0.1, -0.05) is 42.0 Å². The highest BCUT2D eigenvalue weighted by Gasteiger charge is 2.29. The molecule has 2 N–H and O–H groups in total. The van der Waals surface area contributed by atoms with Gasteiger partial charge in [0, 0.05) is 6.04 Å². The van der Waals surface area contributed by atoms with Crippen LogP contribution in [0.5, 0.6) is 0 Å². The van der Waals surface area contributed by atoms with Crippen LogP contribution >= 0.6 is 0 Å². The Morgan fingerprint density at radius 1 is 1.15 bits per heavy atom. The average Bonchev–Trinajstić information content (AvgIpc) is 3.34. The van der Waals surface area contributed by atoms with Crippen molar-refractivity contribution in [2.75, 3.05) is 13.1 Å². The maximum absolute atomic E-state index is 12.7. The first-order chi connectivity index (χ1) is 12.8. The lowest BCUT2D eigenvalue weighted by Crippen LogP contribution is -2.38. The number of amides is 1. The van der Waals surface area contributed by atoms with Gasteiger partial charge in [0.2, 0.25) is 0 Å². The van der Waals surface area contributed by atoms with Crippen molar-refractivity contribution in [1.82, 2.24) is 25.6 Å². The highest BCUT2D eigenvalue weighted by molar-refractivity contribution is 5.92. The molecule has 4 rings (SSSR count). The van der Waals surface area contributed by atoms with E-state index in [4.69, 9.17) is 0 Å². The van der Waals surface area contributed by atoms with Gasteiger partial charge in [-0.2, -0.15) is 0 Å². The number of nitrogens with zero attached hydrogens (tertiary/aromatic N) is 3. The van der Waals surface area contributed by atoms with Gasteiger partial charge in [-0.3, -0.25) is 4.79 Å². The fourth-order valence-electron chi connectivity index (χ4n) is 4.26. The number of benzene rings is 1. The monoisotopic (exact) mass is 353 g/mol. The number of piperidine rings is 1. The van der Waals surface area contributed by atoms with Gasteiger partial charge in [0.05, 0.1) is 12.2 Å². The summed E-state index contributed by atoms with van der Waals surface area (Å²) in [4.78, 5) is 12.7. The van der Waals surface area contributed by atoms with Crippen LogP contribution < -0.4 is 10.6 Å². The number of hydrogen-bond donors (Lipinski definition) is 2. The summed E-state index contributed by atoms with van der Waals surface area (Å²) in [6, 6.07) is 11.1. The molecule has 1 saturated carbocycles. The van der Waals surface area contributed by atoms with Gasteiger partial charge in [-0.05, 0) is 56.7 Å². The number of nitrogens with one attached hydrogen (secondary N) is 2. The van der Waals surface area contributed by atoms with Gasteiger partial charge in [0.25, 0.3) is 5.91 Å². The predicted molar refractivity (Wildman–Crippen MR) is 99.9 cm³/mol. The van der Waals surface area contributed by atoms with E-state index in [-0.39, 0.29) is 11.9 Å². The molecule has 2 heterocycles. The molecule has 0 radical (unpaired) electrons. The van der Waals surface area contributed by atoms with Crippen molar-refractivity contribution in [2.24, 2.45) is 5.92 Å². The van der Waals surface area contributed by atoms with E-state index in [0.717, 1.165) is 38.8 Å². The minimum Gasteiger partial charge on any atom is -0.348 e. The summed E-state index contributed by atoms with van der Waals surface area (Å²) in [6.45, 7) is 1.99. The van der Waals surface area contributed by atoms with Gasteiger partial charge < -0.3 is 10.6 Å². The highest BCUT2D eigenvalue weighted by atomic mass is 16.2. The lowest BCUT2D eigenvalue weighted by Gasteiger charge is -2.22. The van der Waals surface area contributed by atoms with E-state index in [1.54, 1.807) is 0 Å². The van der Waals surface area contributed by atoms with Crippen molar-refractivity contribution >= 4 is 5.91 Å². The third kappa shape index (κ3) is 3.96. The second-order valence-electron chi connectivity index (χ2n) is 7.53. The molecule has 1 saturated heterocycles. The van der Waals surface area contributed by atoms with Gasteiger partial charge in [-0.15, -0.1) is 5.10 Å². The molecule has 2 aliphatic rings. The molecule has 1 aliphatic heterocycles. The Hall–Kier alpha value is -2.21. The highest BCUT2D eigenvalue weighted by Crippen LogP contribution is 2.29. The summed E-state index contributed by atoms with van der Waals surface area (Å²) in [6.07, 6.45) is 8.29. The largest absolute Gasteiger partial charge is 0.348 e. The Bertz CT molecular complexity index is 723. The number of rotatable bonds is 5. The van der Waals surface area contributed by atoms with E-state index in [0.29, 0.717) is 17.7 Å². The fraction of sp³-hybridized carbons (Fsp3) is 0.550. The van der Waals surface area contributed by atoms with E-state index in [2.05, 4.69) is 45.2 Å². The standard InChI is InChI=1S/C20H27N5O/c26-20(19-14-25(24-23-19)17-9-11-21-12-10-17)22-18-8-4-7-16(18)13-15-5-2-1-3-6-15/h1-3,5-6,14,16-18,21H,4,7-13H2,(H,22,26). The molecular weight excluding hydrogens is 326 g/mol. The van der Waals surface area contributed by atoms with Crippen LogP contribution in [0.25, 0.3) is 0 Å². The van der Waals surface area contributed by atoms with Crippen LogP contribution in [0.2, 0.25) is 0 Å². The Morgan fingerprint density at radius 3 is 2.77 bits per heavy atom. The van der Waals surface area contributed by atoms with Crippen LogP contribution in [0.1, 0.15) is 54.2 Å². The molecule has 1 aromatic heterocycles. The molecule has 0 spiro atoms. The summed E-state index contributed by atoms with van der Waals surface area (Å²) in [7, 11) is 0. The van der Waals surface area contributed by atoms with E-state index >= 15 is 0 Å². The molecule has 6 nitrogen and oxygen atoms in total. The number of carbonyl (C=O) groups excluding carboxylic acids is 1. The molecule has 1 aliphatic carbocycles. The number of carbonyl (C=O) groups is 1. The molecule has 6 heteroatoms. The Kier molecular flexibility index (Phi) is 5.29. The maximum Gasteiger partial charge on any atom is 0.273 e. The van der Waals surface area contributed by atoms with Crippen molar-refractivity contribution in [2.45, 2.75) is 50.6 Å². The van der Waals surface area contributed by atoms with E-state index in [1.807, 2.05) is 16.9 Å². The Morgan fingerprint density at radius 2 is 1.96 bits per heavy atom. The quantitative estimate of drug-likeness (QED) is 0.865. The smallest absolute Gasteiger partial charge is 0.273 e. The van der Waals surface area contributed by atoms with Crippen LogP contribution in [0, 0.1) is 5.92 Å².